The van der Waals surface area contributed by atoms with Crippen LogP contribution in [0.5, 0.6) is 5.75 Å². The molecule has 0 heterocycles. The van der Waals surface area contributed by atoms with E-state index in [1.807, 2.05) is 0 Å². The second-order valence-corrected chi connectivity index (χ2v) is 3.21. The number of nitrogens with one attached hydrogen (secondary N) is 1. The third-order valence-electron chi connectivity index (χ3n) is 1.97. The highest BCUT2D eigenvalue weighted by Gasteiger charge is 2.14. The minimum Gasteiger partial charge on any atom is -0.434 e. The summed E-state index contributed by atoms with van der Waals surface area (Å²) in [5, 5.41) is 11.0. The van der Waals surface area contributed by atoms with Crippen molar-refractivity contribution in [2.75, 3.05) is 13.2 Å². The van der Waals surface area contributed by atoms with Crippen molar-refractivity contribution in [3.63, 3.8) is 0 Å². The van der Waals surface area contributed by atoms with Crippen LogP contribution in [0.4, 0.5) is 8.78 Å². The second kappa shape index (κ2) is 6.80. The summed E-state index contributed by atoms with van der Waals surface area (Å²) in [4.78, 5) is 11.6. The summed E-state index contributed by atoms with van der Waals surface area (Å²) in [6, 6.07) is 5.75. The highest BCUT2D eigenvalue weighted by Crippen LogP contribution is 2.19. The van der Waals surface area contributed by atoms with E-state index >= 15 is 0 Å². The number of hydrogen-bond donors (Lipinski definition) is 2. The normalized spacial score (nSPS) is 10.4. The van der Waals surface area contributed by atoms with Gasteiger partial charge in [-0.15, -0.1) is 0 Å². The Morgan fingerprint density at radius 3 is 2.76 bits per heavy atom. The summed E-state index contributed by atoms with van der Waals surface area (Å²) in [5.74, 6) is -0.668. The molecule has 1 aromatic carbocycles. The van der Waals surface area contributed by atoms with Crippen LogP contribution in [0.2, 0.25) is 0 Å². The molecule has 0 aliphatic carbocycles. The number of carbonyl (C=O) groups is 1. The van der Waals surface area contributed by atoms with Gasteiger partial charge in [0.05, 0.1) is 5.56 Å². The lowest BCUT2D eigenvalue weighted by Crippen LogP contribution is -2.25. The first kappa shape index (κ1) is 13.4. The molecule has 0 bridgehead atoms. The van der Waals surface area contributed by atoms with Crippen LogP contribution in [0.1, 0.15) is 16.8 Å². The van der Waals surface area contributed by atoms with Gasteiger partial charge in [0.15, 0.2) is 0 Å². The van der Waals surface area contributed by atoms with Crippen molar-refractivity contribution >= 4 is 5.91 Å². The third-order valence-corrected chi connectivity index (χ3v) is 1.97. The molecule has 0 unspecified atom stereocenters. The van der Waals surface area contributed by atoms with E-state index in [0.717, 1.165) is 0 Å². The Balaban J connectivity index is 2.71. The maximum atomic E-state index is 12.1. The van der Waals surface area contributed by atoms with Gasteiger partial charge in [-0.25, -0.2) is 0 Å². The average molecular weight is 245 g/mol. The van der Waals surface area contributed by atoms with Gasteiger partial charge in [-0.05, 0) is 18.6 Å². The molecule has 1 rings (SSSR count). The molecule has 1 amide bonds. The highest BCUT2D eigenvalue weighted by atomic mass is 19.3. The lowest BCUT2D eigenvalue weighted by Gasteiger charge is -2.10. The fourth-order valence-corrected chi connectivity index (χ4v) is 1.23. The van der Waals surface area contributed by atoms with Crippen molar-refractivity contribution in [3.8, 4) is 5.75 Å². The number of halogens is 2. The van der Waals surface area contributed by atoms with Gasteiger partial charge in [-0.3, -0.25) is 4.79 Å². The molecule has 4 nitrogen and oxygen atoms in total. The van der Waals surface area contributed by atoms with E-state index in [4.69, 9.17) is 5.11 Å². The maximum absolute atomic E-state index is 12.1. The van der Waals surface area contributed by atoms with Crippen LogP contribution >= 0.6 is 0 Å². The summed E-state index contributed by atoms with van der Waals surface area (Å²) >= 11 is 0. The fraction of sp³-hybridized carbons (Fsp3) is 0.364. The molecular formula is C11H13F2NO3. The standard InChI is InChI=1S/C11H13F2NO3/c12-11(13)17-9-5-2-1-4-8(9)10(16)14-6-3-7-15/h1-2,4-5,11,15H,3,6-7H2,(H,14,16). The molecule has 17 heavy (non-hydrogen) atoms. The van der Waals surface area contributed by atoms with Crippen LogP contribution in [0.3, 0.4) is 0 Å². The van der Waals surface area contributed by atoms with Crippen LogP contribution in [0.15, 0.2) is 24.3 Å². The molecule has 94 valence electrons. The molecule has 0 saturated carbocycles. The second-order valence-electron chi connectivity index (χ2n) is 3.21. The molecule has 0 fully saturated rings. The van der Waals surface area contributed by atoms with Gasteiger partial charge >= 0.3 is 6.61 Å². The number of aliphatic hydroxyl groups excluding tert-OH is 1. The Hall–Kier alpha value is -1.69. The number of hydrogen-bond acceptors (Lipinski definition) is 3. The van der Waals surface area contributed by atoms with E-state index in [0.29, 0.717) is 6.42 Å². The molecule has 1 aromatic rings. The van der Waals surface area contributed by atoms with Gasteiger partial charge in [0.1, 0.15) is 5.75 Å². The largest absolute Gasteiger partial charge is 0.434 e. The Bertz CT molecular complexity index is 371. The van der Waals surface area contributed by atoms with Crippen molar-refractivity contribution in [2.45, 2.75) is 13.0 Å². The number of aliphatic hydroxyl groups is 1. The van der Waals surface area contributed by atoms with Gasteiger partial charge in [-0.2, -0.15) is 8.78 Å². The summed E-state index contributed by atoms with van der Waals surface area (Å²) in [6.07, 6.45) is 0.406. The molecular weight excluding hydrogens is 232 g/mol. The quantitative estimate of drug-likeness (QED) is 0.745. The predicted octanol–water partition coefficient (Wildman–Crippen LogP) is 1.40. The molecule has 0 radical (unpaired) electrons. The first-order valence-electron chi connectivity index (χ1n) is 5.08. The van der Waals surface area contributed by atoms with Gasteiger partial charge in [0, 0.05) is 13.2 Å². The van der Waals surface area contributed by atoms with Gasteiger partial charge in [-0.1, -0.05) is 12.1 Å². The number of rotatable bonds is 6. The topological polar surface area (TPSA) is 58.6 Å². The molecule has 0 saturated heterocycles. The van der Waals surface area contributed by atoms with Crippen molar-refractivity contribution in [3.05, 3.63) is 29.8 Å². The molecule has 2 N–H and O–H groups in total. The Morgan fingerprint density at radius 2 is 2.12 bits per heavy atom. The average Bonchev–Trinajstić information content (AvgIpc) is 2.29. The van der Waals surface area contributed by atoms with Gasteiger partial charge in [0.2, 0.25) is 0 Å². The van der Waals surface area contributed by atoms with Crippen LogP contribution < -0.4 is 10.1 Å². The van der Waals surface area contributed by atoms with Crippen molar-refractivity contribution < 1.29 is 23.4 Å². The number of amides is 1. The molecule has 0 aliphatic heterocycles. The zero-order valence-corrected chi connectivity index (χ0v) is 9.03. The lowest BCUT2D eigenvalue weighted by atomic mass is 10.2. The number of alkyl halides is 2. The first-order valence-corrected chi connectivity index (χ1v) is 5.08. The fourth-order valence-electron chi connectivity index (χ4n) is 1.23. The minimum atomic E-state index is -2.97. The summed E-state index contributed by atoms with van der Waals surface area (Å²) < 4.78 is 28.4. The Labute approximate surface area is 97.2 Å². The van der Waals surface area contributed by atoms with Crippen molar-refractivity contribution in [2.24, 2.45) is 0 Å². The number of carbonyl (C=O) groups excluding carboxylic acids is 1. The summed E-state index contributed by atoms with van der Waals surface area (Å²) in [5.41, 5.74) is 0.0470. The molecule has 0 aromatic heterocycles. The third kappa shape index (κ3) is 4.36. The summed E-state index contributed by atoms with van der Waals surface area (Å²) in [7, 11) is 0. The zero-order chi connectivity index (χ0) is 12.7. The highest BCUT2D eigenvalue weighted by molar-refractivity contribution is 5.96. The SMILES string of the molecule is O=C(NCCCO)c1ccccc1OC(F)F. The molecule has 0 aliphatic rings. The van der Waals surface area contributed by atoms with Crippen molar-refractivity contribution in [1.29, 1.82) is 0 Å². The molecule has 0 atom stereocenters. The number of ether oxygens (including phenoxy) is 1. The Kier molecular flexibility index (Phi) is 5.35. The minimum absolute atomic E-state index is 0.0462. The van der Waals surface area contributed by atoms with E-state index in [1.165, 1.54) is 18.2 Å². The van der Waals surface area contributed by atoms with Gasteiger partial charge < -0.3 is 15.2 Å². The smallest absolute Gasteiger partial charge is 0.387 e. The lowest BCUT2D eigenvalue weighted by molar-refractivity contribution is -0.0501. The van der Waals surface area contributed by atoms with E-state index in [2.05, 4.69) is 10.1 Å². The maximum Gasteiger partial charge on any atom is 0.387 e. The van der Waals surface area contributed by atoms with Gasteiger partial charge in [0.25, 0.3) is 5.91 Å². The summed E-state index contributed by atoms with van der Waals surface area (Å²) in [6.45, 7) is -2.74. The zero-order valence-electron chi connectivity index (χ0n) is 9.03. The van der Waals surface area contributed by atoms with E-state index in [9.17, 15) is 13.6 Å². The number of para-hydroxylation sites is 1. The Morgan fingerprint density at radius 1 is 1.41 bits per heavy atom. The van der Waals surface area contributed by atoms with Crippen LogP contribution in [-0.4, -0.2) is 30.8 Å². The van der Waals surface area contributed by atoms with E-state index in [-0.39, 0.29) is 24.5 Å². The predicted molar refractivity (Wildman–Crippen MR) is 57.1 cm³/mol. The molecule has 0 spiro atoms. The van der Waals surface area contributed by atoms with E-state index < -0.39 is 12.5 Å². The van der Waals surface area contributed by atoms with E-state index in [1.54, 1.807) is 6.07 Å². The van der Waals surface area contributed by atoms with Crippen molar-refractivity contribution in [1.82, 2.24) is 5.32 Å². The first-order chi connectivity index (χ1) is 8.15. The van der Waals surface area contributed by atoms with Crippen LogP contribution in [0.25, 0.3) is 0 Å². The van der Waals surface area contributed by atoms with Crippen LogP contribution in [-0.2, 0) is 0 Å². The molecule has 6 heteroatoms. The number of benzene rings is 1. The van der Waals surface area contributed by atoms with Crippen LogP contribution in [0, 0.1) is 0 Å². The monoisotopic (exact) mass is 245 g/mol.